The average Bonchev–Trinajstić information content (AvgIpc) is 2.98. The molecule has 0 fully saturated rings. The summed E-state index contributed by atoms with van der Waals surface area (Å²) < 4.78 is 46.2. The predicted octanol–water partition coefficient (Wildman–Crippen LogP) is 4.40. The number of amides is 1. The van der Waals surface area contributed by atoms with Crippen LogP contribution in [0.15, 0.2) is 71.3 Å². The summed E-state index contributed by atoms with van der Waals surface area (Å²) in [6.07, 6.45) is -4.80. The number of alkyl halides is 3. The Kier molecular flexibility index (Phi) is 4.79. The standard InChI is InChI=1S/C19H15F3N2O2/c1-2-26-16(13-9-5-3-6-10-13)15-17(19(20,21)22)23-24(18(15)25)14-11-7-4-8-12-14/h3-12H,2H2,1H3/b16-15+. The Morgan fingerprint density at radius 3 is 2.15 bits per heavy atom. The summed E-state index contributed by atoms with van der Waals surface area (Å²) in [5.74, 6) is -1.01. The number of hydrogen-bond donors (Lipinski definition) is 0. The molecular weight excluding hydrogens is 345 g/mol. The first kappa shape index (κ1) is 17.7. The fourth-order valence-corrected chi connectivity index (χ4v) is 2.58. The largest absolute Gasteiger partial charge is 0.492 e. The van der Waals surface area contributed by atoms with Crippen LogP contribution in [-0.2, 0) is 9.53 Å². The number of ether oxygens (including phenoxy) is 1. The van der Waals surface area contributed by atoms with Crippen molar-refractivity contribution in [1.82, 2.24) is 0 Å². The van der Waals surface area contributed by atoms with Crippen molar-refractivity contribution >= 4 is 23.1 Å². The number of hydrogen-bond acceptors (Lipinski definition) is 3. The first-order valence-electron chi connectivity index (χ1n) is 7.91. The normalized spacial score (nSPS) is 16.5. The van der Waals surface area contributed by atoms with Crippen LogP contribution in [0.25, 0.3) is 5.76 Å². The molecule has 2 aromatic rings. The quantitative estimate of drug-likeness (QED) is 0.599. The molecule has 1 aliphatic heterocycles. The Balaban J connectivity index is 2.20. The molecule has 0 saturated heterocycles. The van der Waals surface area contributed by atoms with Gasteiger partial charge < -0.3 is 4.74 Å². The molecule has 0 unspecified atom stereocenters. The number of nitrogens with zero attached hydrogens (tertiary/aromatic N) is 2. The van der Waals surface area contributed by atoms with E-state index < -0.39 is 23.4 Å². The number of rotatable bonds is 4. The van der Waals surface area contributed by atoms with Crippen molar-refractivity contribution in [3.63, 3.8) is 0 Å². The van der Waals surface area contributed by atoms with E-state index in [4.69, 9.17) is 4.74 Å². The van der Waals surface area contributed by atoms with E-state index in [1.807, 2.05) is 0 Å². The van der Waals surface area contributed by atoms with Gasteiger partial charge in [0.15, 0.2) is 5.71 Å². The summed E-state index contributed by atoms with van der Waals surface area (Å²) in [6.45, 7) is 1.75. The second-order valence-corrected chi connectivity index (χ2v) is 5.40. The first-order valence-corrected chi connectivity index (χ1v) is 7.91. The Morgan fingerprint density at radius 1 is 1.04 bits per heavy atom. The van der Waals surface area contributed by atoms with Gasteiger partial charge in [-0.1, -0.05) is 48.5 Å². The van der Waals surface area contributed by atoms with Crippen molar-refractivity contribution < 1.29 is 22.7 Å². The maximum Gasteiger partial charge on any atom is 0.436 e. The van der Waals surface area contributed by atoms with Gasteiger partial charge in [0.05, 0.1) is 12.3 Å². The second kappa shape index (κ2) is 7.03. The summed E-state index contributed by atoms with van der Waals surface area (Å²) in [7, 11) is 0. The molecule has 0 bridgehead atoms. The fourth-order valence-electron chi connectivity index (χ4n) is 2.58. The number of para-hydroxylation sites is 1. The number of carbonyl (C=O) groups excluding carboxylic acids is 1. The van der Waals surface area contributed by atoms with Crippen LogP contribution < -0.4 is 5.01 Å². The van der Waals surface area contributed by atoms with Crippen LogP contribution in [0.2, 0.25) is 0 Å². The van der Waals surface area contributed by atoms with E-state index in [0.29, 0.717) is 5.56 Å². The minimum atomic E-state index is -4.80. The summed E-state index contributed by atoms with van der Waals surface area (Å²) in [6, 6.07) is 16.2. The van der Waals surface area contributed by atoms with E-state index in [2.05, 4.69) is 5.10 Å². The highest BCUT2D eigenvalue weighted by Crippen LogP contribution is 2.35. The third-order valence-corrected chi connectivity index (χ3v) is 3.66. The van der Waals surface area contributed by atoms with Crippen molar-refractivity contribution in [1.29, 1.82) is 0 Å². The molecule has 3 rings (SSSR count). The molecule has 0 atom stereocenters. The minimum absolute atomic E-state index is 0.109. The van der Waals surface area contributed by atoms with Gasteiger partial charge >= 0.3 is 6.18 Å². The van der Waals surface area contributed by atoms with Gasteiger partial charge in [0.25, 0.3) is 5.91 Å². The van der Waals surface area contributed by atoms with Crippen LogP contribution in [0.3, 0.4) is 0 Å². The average molecular weight is 360 g/mol. The zero-order valence-electron chi connectivity index (χ0n) is 13.8. The number of anilines is 1. The van der Waals surface area contributed by atoms with Gasteiger partial charge in [-0.05, 0) is 19.1 Å². The van der Waals surface area contributed by atoms with Gasteiger partial charge in [-0.25, -0.2) is 0 Å². The molecule has 1 amide bonds. The van der Waals surface area contributed by atoms with Crippen LogP contribution in [0.1, 0.15) is 12.5 Å². The molecule has 1 aliphatic rings. The molecular formula is C19H15F3N2O2. The molecule has 0 N–H and O–H groups in total. The Labute approximate surface area is 148 Å². The minimum Gasteiger partial charge on any atom is -0.492 e. The molecule has 134 valence electrons. The van der Waals surface area contributed by atoms with E-state index in [1.54, 1.807) is 55.5 Å². The molecule has 0 aromatic heterocycles. The van der Waals surface area contributed by atoms with Gasteiger partial charge in [-0.3, -0.25) is 4.79 Å². The van der Waals surface area contributed by atoms with Crippen molar-refractivity contribution in [2.24, 2.45) is 5.10 Å². The molecule has 0 aliphatic carbocycles. The van der Waals surface area contributed by atoms with Crippen LogP contribution in [0, 0.1) is 0 Å². The number of benzene rings is 2. The summed E-state index contributed by atoms with van der Waals surface area (Å²) in [5.41, 5.74) is -1.23. The van der Waals surface area contributed by atoms with Crippen LogP contribution in [0.4, 0.5) is 18.9 Å². The maximum atomic E-state index is 13.6. The Hall–Kier alpha value is -3.09. The number of hydrazone groups is 1. The third-order valence-electron chi connectivity index (χ3n) is 3.66. The van der Waals surface area contributed by atoms with Crippen molar-refractivity contribution in [2.45, 2.75) is 13.1 Å². The van der Waals surface area contributed by atoms with Gasteiger partial charge in [0.2, 0.25) is 0 Å². The second-order valence-electron chi connectivity index (χ2n) is 5.40. The van der Waals surface area contributed by atoms with E-state index in [-0.39, 0.29) is 18.1 Å². The number of halogens is 3. The molecule has 0 radical (unpaired) electrons. The lowest BCUT2D eigenvalue weighted by Crippen LogP contribution is -2.27. The third kappa shape index (κ3) is 3.33. The molecule has 1 heterocycles. The Bertz CT molecular complexity index is 859. The van der Waals surface area contributed by atoms with E-state index in [1.165, 1.54) is 12.1 Å². The first-order chi connectivity index (χ1) is 12.4. The molecule has 2 aromatic carbocycles. The highest BCUT2D eigenvalue weighted by atomic mass is 19.4. The van der Waals surface area contributed by atoms with Gasteiger partial charge in [0.1, 0.15) is 11.3 Å². The lowest BCUT2D eigenvalue weighted by Gasteiger charge is -2.15. The lowest BCUT2D eigenvalue weighted by molar-refractivity contribution is -0.114. The van der Waals surface area contributed by atoms with E-state index in [0.717, 1.165) is 5.01 Å². The summed E-state index contributed by atoms with van der Waals surface area (Å²) >= 11 is 0. The van der Waals surface area contributed by atoms with Crippen molar-refractivity contribution in [3.05, 3.63) is 71.8 Å². The molecule has 0 saturated carbocycles. The van der Waals surface area contributed by atoms with E-state index in [9.17, 15) is 18.0 Å². The van der Waals surface area contributed by atoms with Crippen LogP contribution in [0.5, 0.6) is 0 Å². The monoisotopic (exact) mass is 360 g/mol. The topological polar surface area (TPSA) is 41.9 Å². The van der Waals surface area contributed by atoms with Crippen LogP contribution in [-0.4, -0.2) is 24.4 Å². The smallest absolute Gasteiger partial charge is 0.436 e. The lowest BCUT2D eigenvalue weighted by atomic mass is 10.0. The van der Waals surface area contributed by atoms with Gasteiger partial charge in [-0.2, -0.15) is 23.3 Å². The Morgan fingerprint density at radius 2 is 1.62 bits per heavy atom. The summed E-state index contributed by atoms with van der Waals surface area (Å²) in [5, 5.41) is 4.31. The molecule has 7 heteroatoms. The predicted molar refractivity (Wildman–Crippen MR) is 92.4 cm³/mol. The zero-order valence-corrected chi connectivity index (χ0v) is 13.8. The van der Waals surface area contributed by atoms with E-state index >= 15 is 0 Å². The fraction of sp³-hybridized carbons (Fsp3) is 0.158. The van der Waals surface area contributed by atoms with Crippen LogP contribution >= 0.6 is 0 Å². The molecule has 0 spiro atoms. The molecule has 26 heavy (non-hydrogen) atoms. The van der Waals surface area contributed by atoms with Gasteiger partial charge in [0, 0.05) is 5.56 Å². The highest BCUT2D eigenvalue weighted by Gasteiger charge is 2.49. The highest BCUT2D eigenvalue weighted by molar-refractivity contribution is 6.35. The maximum absolute atomic E-state index is 13.6. The summed E-state index contributed by atoms with van der Waals surface area (Å²) in [4.78, 5) is 12.8. The van der Waals surface area contributed by atoms with Crippen molar-refractivity contribution in [3.8, 4) is 0 Å². The number of carbonyl (C=O) groups is 1. The SMILES string of the molecule is CCO/C(=C1/C(=O)N(c2ccccc2)N=C1C(F)(F)F)c1ccccc1. The van der Waals surface area contributed by atoms with Crippen molar-refractivity contribution in [2.75, 3.05) is 11.6 Å². The zero-order chi connectivity index (χ0) is 18.7. The van der Waals surface area contributed by atoms with Gasteiger partial charge in [-0.15, -0.1) is 0 Å². The molecule has 4 nitrogen and oxygen atoms in total.